The van der Waals surface area contributed by atoms with Gasteiger partial charge in [0.15, 0.2) is 0 Å². The van der Waals surface area contributed by atoms with Crippen LogP contribution in [0.2, 0.25) is 0 Å². The van der Waals surface area contributed by atoms with Crippen molar-refractivity contribution in [3.63, 3.8) is 0 Å². The average molecular weight is 207 g/mol. The summed E-state index contributed by atoms with van der Waals surface area (Å²) in [5, 5.41) is 2.53. The first-order chi connectivity index (χ1) is 7.08. The summed E-state index contributed by atoms with van der Waals surface area (Å²) in [6.07, 6.45) is 0. The maximum absolute atomic E-state index is 13.3. The van der Waals surface area contributed by atoms with E-state index in [4.69, 9.17) is 5.73 Å². The molecule has 1 aromatic rings. The number of aliphatic imine (C=N–C) groups is 1. The third-order valence-electron chi connectivity index (χ3n) is 2.32. The van der Waals surface area contributed by atoms with Crippen LogP contribution in [-0.2, 0) is 0 Å². The first-order valence-electron chi connectivity index (χ1n) is 4.48. The summed E-state index contributed by atoms with van der Waals surface area (Å²) in [7, 11) is 0. The third-order valence-corrected chi connectivity index (χ3v) is 2.32. The largest absolute Gasteiger partial charge is 0.385 e. The summed E-state index contributed by atoms with van der Waals surface area (Å²) in [4.78, 5) is 14.4. The highest BCUT2D eigenvalue weighted by Crippen LogP contribution is 2.19. The average Bonchev–Trinajstić information content (AvgIpc) is 2.50. The SMILES string of the molecule is Cc1ccc(C2NC(=O)N=C2N)cc1F. The maximum atomic E-state index is 13.3. The molecule has 2 rings (SSSR count). The van der Waals surface area contributed by atoms with Gasteiger partial charge >= 0.3 is 6.03 Å². The lowest BCUT2D eigenvalue weighted by Crippen LogP contribution is -2.27. The molecule has 4 nitrogen and oxygen atoms in total. The predicted octanol–water partition coefficient (Wildman–Crippen LogP) is 1.26. The van der Waals surface area contributed by atoms with Crippen LogP contribution in [0, 0.1) is 12.7 Å². The van der Waals surface area contributed by atoms with Gasteiger partial charge in [0.2, 0.25) is 0 Å². The second kappa shape index (κ2) is 3.34. The molecule has 1 heterocycles. The van der Waals surface area contributed by atoms with Crippen LogP contribution >= 0.6 is 0 Å². The molecule has 0 aromatic heterocycles. The molecule has 3 N–H and O–H groups in total. The number of carbonyl (C=O) groups is 1. The third kappa shape index (κ3) is 1.68. The van der Waals surface area contributed by atoms with Crippen molar-refractivity contribution in [2.24, 2.45) is 10.7 Å². The summed E-state index contributed by atoms with van der Waals surface area (Å²) >= 11 is 0. The molecule has 1 atom stereocenters. The van der Waals surface area contributed by atoms with Gasteiger partial charge < -0.3 is 11.1 Å². The number of urea groups is 1. The number of benzene rings is 1. The Bertz CT molecular complexity index is 456. The molecule has 5 heteroatoms. The lowest BCUT2D eigenvalue weighted by Gasteiger charge is -2.11. The van der Waals surface area contributed by atoms with Gasteiger partial charge in [0, 0.05) is 0 Å². The van der Waals surface area contributed by atoms with Crippen LogP contribution in [0.1, 0.15) is 17.2 Å². The highest BCUT2D eigenvalue weighted by Gasteiger charge is 2.25. The number of hydrogen-bond acceptors (Lipinski definition) is 2. The lowest BCUT2D eigenvalue weighted by atomic mass is 10.0. The first-order valence-corrected chi connectivity index (χ1v) is 4.48. The number of nitrogens with two attached hydrogens (primary N) is 1. The minimum absolute atomic E-state index is 0.170. The van der Waals surface area contributed by atoms with Gasteiger partial charge in [0.05, 0.1) is 0 Å². The maximum Gasteiger partial charge on any atom is 0.343 e. The van der Waals surface area contributed by atoms with E-state index < -0.39 is 12.1 Å². The fraction of sp³-hybridized carbons (Fsp3) is 0.200. The van der Waals surface area contributed by atoms with Gasteiger partial charge in [-0.3, -0.25) is 0 Å². The number of carbonyl (C=O) groups excluding carboxylic acids is 1. The Hall–Kier alpha value is -1.91. The highest BCUT2D eigenvalue weighted by atomic mass is 19.1. The summed E-state index contributed by atoms with van der Waals surface area (Å²) in [5.41, 5.74) is 6.69. The number of rotatable bonds is 1. The van der Waals surface area contributed by atoms with Crippen LogP contribution < -0.4 is 11.1 Å². The second-order valence-electron chi connectivity index (χ2n) is 3.43. The Kier molecular flexibility index (Phi) is 2.15. The topological polar surface area (TPSA) is 67.5 Å². The molecule has 0 saturated carbocycles. The van der Waals surface area contributed by atoms with Crippen LogP contribution in [0.25, 0.3) is 0 Å². The summed E-state index contributed by atoms with van der Waals surface area (Å²) in [6, 6.07) is 3.72. The standard InChI is InChI=1S/C10H10FN3O/c1-5-2-3-6(4-7(5)11)8-9(12)14-10(15)13-8/h2-4,8H,1H3,(H3,12,13,14,15). The van der Waals surface area contributed by atoms with Crippen LogP contribution in [0.15, 0.2) is 23.2 Å². The molecule has 0 aliphatic carbocycles. The molecule has 78 valence electrons. The number of halogens is 1. The monoisotopic (exact) mass is 207 g/mol. The van der Waals surface area contributed by atoms with E-state index in [2.05, 4.69) is 10.3 Å². The zero-order chi connectivity index (χ0) is 11.0. The zero-order valence-corrected chi connectivity index (χ0v) is 8.12. The van der Waals surface area contributed by atoms with E-state index in [-0.39, 0.29) is 11.7 Å². The Balaban J connectivity index is 2.35. The minimum Gasteiger partial charge on any atom is -0.385 e. The number of amidine groups is 1. The number of amides is 2. The quantitative estimate of drug-likeness (QED) is 0.727. The molecule has 0 spiro atoms. The van der Waals surface area contributed by atoms with Gasteiger partial charge in [-0.05, 0) is 24.1 Å². The Morgan fingerprint density at radius 1 is 1.53 bits per heavy atom. The van der Waals surface area contributed by atoms with E-state index in [0.717, 1.165) is 0 Å². The summed E-state index contributed by atoms with van der Waals surface area (Å²) in [5.74, 6) is -0.148. The van der Waals surface area contributed by atoms with Crippen LogP contribution in [0.3, 0.4) is 0 Å². The molecule has 1 aliphatic rings. The lowest BCUT2D eigenvalue weighted by molar-refractivity contribution is 0.250. The normalized spacial score (nSPS) is 20.0. The van der Waals surface area contributed by atoms with Crippen molar-refractivity contribution in [3.05, 3.63) is 35.1 Å². The van der Waals surface area contributed by atoms with Gasteiger partial charge in [0.1, 0.15) is 17.7 Å². The number of nitrogens with one attached hydrogen (secondary N) is 1. The minimum atomic E-state index is -0.507. The summed E-state index contributed by atoms with van der Waals surface area (Å²) in [6.45, 7) is 1.67. The van der Waals surface area contributed by atoms with Crippen molar-refractivity contribution >= 4 is 11.9 Å². The van der Waals surface area contributed by atoms with Gasteiger partial charge in [-0.15, -0.1) is 0 Å². The van der Waals surface area contributed by atoms with Crippen LogP contribution in [-0.4, -0.2) is 11.9 Å². The van der Waals surface area contributed by atoms with Crippen LogP contribution in [0.4, 0.5) is 9.18 Å². The molecular formula is C10H10FN3O. The second-order valence-corrected chi connectivity index (χ2v) is 3.43. The molecule has 15 heavy (non-hydrogen) atoms. The number of hydrogen-bond donors (Lipinski definition) is 2. The summed E-state index contributed by atoms with van der Waals surface area (Å²) < 4.78 is 13.3. The molecule has 2 amide bonds. The van der Waals surface area contributed by atoms with Gasteiger partial charge in [-0.25, -0.2) is 9.18 Å². The molecular weight excluding hydrogens is 197 g/mol. The van der Waals surface area contributed by atoms with Gasteiger partial charge in [0.25, 0.3) is 0 Å². The van der Waals surface area contributed by atoms with E-state index in [9.17, 15) is 9.18 Å². The predicted molar refractivity (Wildman–Crippen MR) is 54.0 cm³/mol. The molecule has 0 bridgehead atoms. The van der Waals surface area contributed by atoms with Crippen molar-refractivity contribution < 1.29 is 9.18 Å². The first kappa shape index (κ1) is 9.64. The molecule has 0 radical (unpaired) electrons. The van der Waals surface area contributed by atoms with Gasteiger partial charge in [-0.2, -0.15) is 4.99 Å². The van der Waals surface area contributed by atoms with E-state index in [1.165, 1.54) is 6.07 Å². The highest BCUT2D eigenvalue weighted by molar-refractivity contribution is 6.03. The fourth-order valence-corrected chi connectivity index (χ4v) is 1.45. The molecule has 0 saturated heterocycles. The van der Waals surface area contributed by atoms with Crippen molar-refractivity contribution in [1.82, 2.24) is 5.32 Å². The van der Waals surface area contributed by atoms with E-state index >= 15 is 0 Å². The fourth-order valence-electron chi connectivity index (χ4n) is 1.45. The Morgan fingerprint density at radius 2 is 2.27 bits per heavy atom. The molecule has 1 aliphatic heterocycles. The van der Waals surface area contributed by atoms with Gasteiger partial charge in [-0.1, -0.05) is 12.1 Å². The Morgan fingerprint density at radius 3 is 2.80 bits per heavy atom. The van der Waals surface area contributed by atoms with Crippen molar-refractivity contribution in [2.75, 3.05) is 0 Å². The van der Waals surface area contributed by atoms with E-state index in [0.29, 0.717) is 11.1 Å². The van der Waals surface area contributed by atoms with Crippen molar-refractivity contribution in [2.45, 2.75) is 13.0 Å². The van der Waals surface area contributed by atoms with Crippen molar-refractivity contribution in [1.29, 1.82) is 0 Å². The molecule has 1 unspecified atom stereocenters. The van der Waals surface area contributed by atoms with Crippen LogP contribution in [0.5, 0.6) is 0 Å². The van der Waals surface area contributed by atoms with E-state index in [1.54, 1.807) is 19.1 Å². The zero-order valence-electron chi connectivity index (χ0n) is 8.12. The molecule has 0 fully saturated rings. The van der Waals surface area contributed by atoms with Crippen molar-refractivity contribution in [3.8, 4) is 0 Å². The Labute approximate surface area is 86.0 Å². The van der Waals surface area contributed by atoms with E-state index in [1.807, 2.05) is 0 Å². The number of nitrogens with zero attached hydrogens (tertiary/aromatic N) is 1. The number of aryl methyl sites for hydroxylation is 1. The smallest absolute Gasteiger partial charge is 0.343 e. The molecule has 1 aromatic carbocycles.